The molecule has 0 aliphatic carbocycles. The maximum atomic E-state index is 8.86. The maximum Gasteiger partial charge on any atom is 0.227 e. The van der Waals surface area contributed by atoms with Crippen molar-refractivity contribution in [2.45, 2.75) is 19.8 Å². The van der Waals surface area contributed by atoms with Crippen molar-refractivity contribution >= 4 is 17.5 Å². The summed E-state index contributed by atoms with van der Waals surface area (Å²) in [5, 5.41) is 23.3. The van der Waals surface area contributed by atoms with Crippen LogP contribution in [0.15, 0.2) is 54.9 Å². The Hall–Kier alpha value is -3.07. The highest BCUT2D eigenvalue weighted by molar-refractivity contribution is 5.64. The highest BCUT2D eigenvalue weighted by atomic mass is 16.3. The quantitative estimate of drug-likeness (QED) is 0.341. The lowest BCUT2D eigenvalue weighted by Crippen LogP contribution is -2.05. The second-order valence-electron chi connectivity index (χ2n) is 6.56. The lowest BCUT2D eigenvalue weighted by atomic mass is 10.2. The summed E-state index contributed by atoms with van der Waals surface area (Å²) in [6.07, 6.45) is 4.89. The topological polar surface area (TPSA) is 129 Å². The zero-order chi connectivity index (χ0) is 21.6. The van der Waals surface area contributed by atoms with E-state index in [2.05, 4.69) is 25.6 Å². The Bertz CT molecular complexity index is 889. The second kappa shape index (κ2) is 13.2. The smallest absolute Gasteiger partial charge is 0.227 e. The maximum absolute atomic E-state index is 8.86. The van der Waals surface area contributed by atoms with Gasteiger partial charge in [-0.05, 0) is 62.2 Å². The molecular weight excluding hydrogens is 380 g/mol. The predicted molar refractivity (Wildman–Crippen MR) is 121 cm³/mol. The van der Waals surface area contributed by atoms with E-state index >= 15 is 0 Å². The molecule has 0 amide bonds. The van der Waals surface area contributed by atoms with E-state index < -0.39 is 0 Å². The van der Waals surface area contributed by atoms with Gasteiger partial charge in [0.25, 0.3) is 0 Å². The van der Waals surface area contributed by atoms with E-state index in [0.717, 1.165) is 29.2 Å². The summed E-state index contributed by atoms with van der Waals surface area (Å²) in [6, 6.07) is 13.8. The molecule has 0 radical (unpaired) electrons. The summed E-state index contributed by atoms with van der Waals surface area (Å²) in [6.45, 7) is 3.70. The highest BCUT2D eigenvalue weighted by Gasteiger charge is 2.05. The van der Waals surface area contributed by atoms with Gasteiger partial charge in [0.1, 0.15) is 5.82 Å². The zero-order valence-electron chi connectivity index (χ0n) is 17.3. The van der Waals surface area contributed by atoms with Crippen LogP contribution < -0.4 is 16.4 Å². The van der Waals surface area contributed by atoms with Crippen LogP contribution in [-0.4, -0.2) is 51.5 Å². The molecule has 0 bridgehead atoms. The Balaban J connectivity index is 0.000000575. The van der Waals surface area contributed by atoms with Crippen molar-refractivity contribution in [3.63, 3.8) is 0 Å². The molecule has 30 heavy (non-hydrogen) atoms. The number of aliphatic hydroxyl groups is 2. The molecule has 8 heteroatoms. The molecule has 2 heterocycles. The Labute approximate surface area is 177 Å². The summed E-state index contributed by atoms with van der Waals surface area (Å²) in [5.74, 6) is 1.31. The number of benzene rings is 1. The van der Waals surface area contributed by atoms with Crippen molar-refractivity contribution in [2.24, 2.45) is 5.73 Å². The average Bonchev–Trinajstić information content (AvgIpc) is 2.75. The molecule has 0 atom stereocenters. The Morgan fingerprint density at radius 2 is 1.77 bits per heavy atom. The van der Waals surface area contributed by atoms with Crippen molar-refractivity contribution in [1.82, 2.24) is 15.0 Å². The molecule has 0 saturated carbocycles. The minimum absolute atomic E-state index is 0.159. The highest BCUT2D eigenvalue weighted by Crippen LogP contribution is 2.21. The van der Waals surface area contributed by atoms with Gasteiger partial charge in [-0.3, -0.25) is 0 Å². The molecule has 160 valence electrons. The molecule has 3 aromatic rings. The molecule has 0 saturated heterocycles. The van der Waals surface area contributed by atoms with Gasteiger partial charge in [0, 0.05) is 43.4 Å². The first kappa shape index (κ1) is 23.2. The number of anilines is 3. The summed E-state index contributed by atoms with van der Waals surface area (Å²) < 4.78 is 0. The number of hydrogen-bond donors (Lipinski definition) is 5. The number of nitrogens with two attached hydrogens (primary N) is 1. The van der Waals surface area contributed by atoms with Crippen molar-refractivity contribution in [3.8, 4) is 11.3 Å². The van der Waals surface area contributed by atoms with Crippen molar-refractivity contribution in [3.05, 3.63) is 60.4 Å². The molecule has 0 aliphatic rings. The molecule has 0 fully saturated rings. The Morgan fingerprint density at radius 3 is 2.47 bits per heavy atom. The standard InChI is InChI=1S/C19H21N5O.C3H9NO/c1-14-4-2-5-16(12-14)23-19-22-10-7-17(24-19)15-6-9-21-18(13-15)20-8-3-11-25;4-2-1-3-5/h2,4-7,9-10,12-13,25H,3,8,11H2,1H3,(H,20,21)(H,22,23,24);5H,1-4H2. The number of nitrogens with zero attached hydrogens (tertiary/aromatic N) is 3. The van der Waals surface area contributed by atoms with Crippen LogP contribution >= 0.6 is 0 Å². The van der Waals surface area contributed by atoms with Crippen LogP contribution in [-0.2, 0) is 0 Å². The molecule has 3 rings (SSSR count). The van der Waals surface area contributed by atoms with Gasteiger partial charge in [-0.25, -0.2) is 15.0 Å². The van der Waals surface area contributed by atoms with Crippen LogP contribution in [0.4, 0.5) is 17.5 Å². The van der Waals surface area contributed by atoms with E-state index in [1.807, 2.05) is 49.4 Å². The monoisotopic (exact) mass is 410 g/mol. The summed E-state index contributed by atoms with van der Waals surface area (Å²) in [5.41, 5.74) is 8.88. The van der Waals surface area contributed by atoms with Crippen molar-refractivity contribution in [1.29, 1.82) is 0 Å². The number of aliphatic hydroxyl groups excluding tert-OH is 2. The third kappa shape index (κ3) is 8.12. The van der Waals surface area contributed by atoms with Gasteiger partial charge in [0.05, 0.1) is 5.69 Å². The molecule has 0 aliphatic heterocycles. The van der Waals surface area contributed by atoms with E-state index in [1.54, 1.807) is 12.4 Å². The number of aryl methyl sites for hydroxylation is 1. The summed E-state index contributed by atoms with van der Waals surface area (Å²) in [4.78, 5) is 13.2. The first-order valence-corrected chi connectivity index (χ1v) is 9.95. The second-order valence-corrected chi connectivity index (χ2v) is 6.56. The third-order valence-corrected chi connectivity index (χ3v) is 3.99. The molecule has 2 aromatic heterocycles. The number of rotatable bonds is 9. The predicted octanol–water partition coefficient (Wildman–Crippen LogP) is 2.71. The van der Waals surface area contributed by atoms with Crippen molar-refractivity contribution < 1.29 is 10.2 Å². The van der Waals surface area contributed by atoms with E-state index in [0.29, 0.717) is 25.5 Å². The fraction of sp³-hybridized carbons (Fsp3) is 0.318. The number of hydrogen-bond acceptors (Lipinski definition) is 8. The van der Waals surface area contributed by atoms with Gasteiger partial charge in [-0.1, -0.05) is 12.1 Å². The molecule has 1 aromatic carbocycles. The number of nitrogens with one attached hydrogen (secondary N) is 2. The van der Waals surface area contributed by atoms with Crippen LogP contribution in [0.25, 0.3) is 11.3 Å². The molecular formula is C22H30N6O2. The Morgan fingerprint density at radius 1 is 0.967 bits per heavy atom. The van der Waals surface area contributed by atoms with E-state index in [4.69, 9.17) is 15.9 Å². The molecule has 0 spiro atoms. The normalized spacial score (nSPS) is 10.1. The van der Waals surface area contributed by atoms with E-state index in [9.17, 15) is 0 Å². The van der Waals surface area contributed by atoms with Crippen LogP contribution in [0.3, 0.4) is 0 Å². The summed E-state index contributed by atoms with van der Waals surface area (Å²) in [7, 11) is 0. The van der Waals surface area contributed by atoms with Crippen LogP contribution in [0.5, 0.6) is 0 Å². The van der Waals surface area contributed by atoms with Gasteiger partial charge < -0.3 is 26.6 Å². The minimum Gasteiger partial charge on any atom is -0.396 e. The fourth-order valence-electron chi connectivity index (χ4n) is 2.50. The first-order valence-electron chi connectivity index (χ1n) is 9.95. The largest absolute Gasteiger partial charge is 0.396 e. The van der Waals surface area contributed by atoms with E-state index in [-0.39, 0.29) is 13.2 Å². The average molecular weight is 411 g/mol. The minimum atomic E-state index is 0.159. The molecule has 0 unspecified atom stereocenters. The fourth-order valence-corrected chi connectivity index (χ4v) is 2.50. The summed E-state index contributed by atoms with van der Waals surface area (Å²) >= 11 is 0. The van der Waals surface area contributed by atoms with Gasteiger partial charge in [0.2, 0.25) is 5.95 Å². The lowest BCUT2D eigenvalue weighted by Gasteiger charge is -2.09. The molecule has 8 nitrogen and oxygen atoms in total. The SMILES string of the molecule is Cc1cccc(Nc2nccc(-c3ccnc(NCCCO)c3)n2)c1.NCCCO. The van der Waals surface area contributed by atoms with Gasteiger partial charge in [0.15, 0.2) is 0 Å². The zero-order valence-corrected chi connectivity index (χ0v) is 17.3. The van der Waals surface area contributed by atoms with E-state index in [1.165, 1.54) is 5.56 Å². The van der Waals surface area contributed by atoms with Gasteiger partial charge in [-0.2, -0.15) is 0 Å². The first-order chi connectivity index (χ1) is 14.7. The third-order valence-electron chi connectivity index (χ3n) is 3.99. The molecule has 6 N–H and O–H groups in total. The van der Waals surface area contributed by atoms with Gasteiger partial charge in [-0.15, -0.1) is 0 Å². The van der Waals surface area contributed by atoms with Gasteiger partial charge >= 0.3 is 0 Å². The van der Waals surface area contributed by atoms with Crippen LogP contribution in [0.2, 0.25) is 0 Å². The van der Waals surface area contributed by atoms with Crippen LogP contribution in [0, 0.1) is 6.92 Å². The lowest BCUT2D eigenvalue weighted by molar-refractivity contribution is 0.291. The Kier molecular flexibility index (Phi) is 10.2. The number of pyridine rings is 1. The number of aromatic nitrogens is 3. The van der Waals surface area contributed by atoms with Crippen molar-refractivity contribution in [2.75, 3.05) is 36.9 Å². The van der Waals surface area contributed by atoms with Crippen LogP contribution in [0.1, 0.15) is 18.4 Å².